The maximum absolute atomic E-state index is 5.28. The summed E-state index contributed by atoms with van der Waals surface area (Å²) in [7, 11) is 0. The molecule has 62 valence electrons. The van der Waals surface area contributed by atoms with Crippen LogP contribution in [-0.4, -0.2) is 63.0 Å². The van der Waals surface area contributed by atoms with Crippen molar-refractivity contribution in [2.45, 2.75) is 19.3 Å². The molecule has 0 unspecified atom stereocenters. The van der Waals surface area contributed by atoms with Gasteiger partial charge in [0.15, 0.2) is 0 Å². The average molecular weight is 267 g/mol. The summed E-state index contributed by atoms with van der Waals surface area (Å²) in [6.45, 7) is 8.41. The Hall–Kier alpha value is 0.775. The molecule has 2 nitrogen and oxygen atoms in total. The van der Waals surface area contributed by atoms with Crippen molar-refractivity contribution in [2.24, 2.45) is 0 Å². The zero-order chi connectivity index (χ0) is 8.32. The Morgan fingerprint density at radius 2 is 1.91 bits per heavy atom. The van der Waals surface area contributed by atoms with Crippen LogP contribution in [0, 0.1) is 0 Å². The minimum absolute atomic E-state index is 0.244. The molecule has 0 saturated carbocycles. The molecule has 1 aliphatic rings. The first kappa shape index (κ1) is 9.86. The van der Waals surface area contributed by atoms with E-state index in [9.17, 15) is 0 Å². The number of hydrogen-bond donors (Lipinski definition) is 0. The fourth-order valence-electron chi connectivity index (χ4n) is 1.21. The van der Waals surface area contributed by atoms with E-state index in [-0.39, 0.29) is 5.44 Å². The Labute approximate surface area is 81.6 Å². The first-order valence-corrected chi connectivity index (χ1v) is 5.30. The van der Waals surface area contributed by atoms with Gasteiger partial charge in [-0.3, -0.25) is 0 Å². The molecule has 0 aromatic rings. The van der Waals surface area contributed by atoms with Gasteiger partial charge in [-0.1, -0.05) is 0 Å². The van der Waals surface area contributed by atoms with Crippen LogP contribution in [0.5, 0.6) is 0 Å². The van der Waals surface area contributed by atoms with Gasteiger partial charge < -0.3 is 0 Å². The third-order valence-corrected chi connectivity index (χ3v) is 3.76. The predicted octanol–water partition coefficient (Wildman–Crippen LogP) is -0.158. The van der Waals surface area contributed by atoms with Gasteiger partial charge in [0.05, 0.1) is 0 Å². The van der Waals surface area contributed by atoms with Crippen LogP contribution >= 0.6 is 0 Å². The summed E-state index contributed by atoms with van der Waals surface area (Å²) >= 11 is 2.05. The molecule has 0 N–H and O–H groups in total. The Morgan fingerprint density at radius 1 is 1.36 bits per heavy atom. The molecule has 0 aliphatic carbocycles. The summed E-state index contributed by atoms with van der Waals surface area (Å²) in [6, 6.07) is 0. The molecule has 1 rings (SSSR count). The molecular formula is C7H14BNOTe. The van der Waals surface area contributed by atoms with E-state index in [4.69, 9.17) is 4.74 Å². The molecule has 4 heteroatoms. The normalized spacial score (nSPS) is 21.3. The van der Waals surface area contributed by atoms with Gasteiger partial charge >= 0.3 is 81.6 Å². The van der Waals surface area contributed by atoms with Crippen LogP contribution in [0.15, 0.2) is 0 Å². The van der Waals surface area contributed by atoms with Gasteiger partial charge in [0.2, 0.25) is 0 Å². The van der Waals surface area contributed by atoms with Gasteiger partial charge in [-0.2, -0.15) is 0 Å². The van der Waals surface area contributed by atoms with Gasteiger partial charge in [-0.25, -0.2) is 0 Å². The van der Waals surface area contributed by atoms with Crippen LogP contribution in [-0.2, 0) is 4.74 Å². The van der Waals surface area contributed by atoms with E-state index in [1.54, 1.807) is 0 Å². The quantitative estimate of drug-likeness (QED) is 0.644. The van der Waals surface area contributed by atoms with Crippen molar-refractivity contribution in [1.82, 2.24) is 4.90 Å². The second kappa shape index (κ2) is 4.14. The molecule has 0 atom stereocenters. The monoisotopic (exact) mass is 269 g/mol. The summed E-state index contributed by atoms with van der Waals surface area (Å²) in [4.78, 5) is 2.46. The fraction of sp³-hybridized carbons (Fsp3) is 1.00. The number of hydrogen-bond acceptors (Lipinski definition) is 2. The maximum atomic E-state index is 5.28. The zero-order valence-electron chi connectivity index (χ0n) is 7.17. The van der Waals surface area contributed by atoms with E-state index in [2.05, 4.69) is 45.1 Å². The van der Waals surface area contributed by atoms with Crippen molar-refractivity contribution < 1.29 is 4.74 Å². The minimum atomic E-state index is 0.244. The SMILES string of the molecule is CC(C)(B=[Te])N1CCOCC1. The molecule has 0 spiro atoms. The van der Waals surface area contributed by atoms with E-state index in [1.165, 1.54) is 0 Å². The number of ether oxygens (including phenoxy) is 1. The van der Waals surface area contributed by atoms with Crippen LogP contribution < -0.4 is 0 Å². The number of nitrogens with zero attached hydrogens (tertiary/aromatic N) is 1. The van der Waals surface area contributed by atoms with Gasteiger partial charge in [0, 0.05) is 0 Å². The first-order valence-electron chi connectivity index (χ1n) is 3.96. The van der Waals surface area contributed by atoms with Crippen molar-refractivity contribution in [3.05, 3.63) is 0 Å². The van der Waals surface area contributed by atoms with Gasteiger partial charge in [-0.15, -0.1) is 0 Å². The molecule has 0 radical (unpaired) electrons. The molecule has 1 aliphatic heterocycles. The van der Waals surface area contributed by atoms with Crippen LogP contribution in [0.3, 0.4) is 0 Å². The standard InChI is InChI=1S/C7H14BNOTe/c1-7(2,8-11)9-3-5-10-6-4-9/h3-6H2,1-2H3. The Morgan fingerprint density at radius 3 is 2.36 bits per heavy atom. The fourth-order valence-corrected chi connectivity index (χ4v) is 1.64. The zero-order valence-corrected chi connectivity index (χ0v) is 9.50. The number of morpholine rings is 1. The van der Waals surface area contributed by atoms with E-state index in [1.807, 2.05) is 0 Å². The Balaban J connectivity index is 2.50. The molecule has 0 bridgehead atoms. The van der Waals surface area contributed by atoms with Crippen LogP contribution in [0.1, 0.15) is 13.8 Å². The van der Waals surface area contributed by atoms with Crippen molar-refractivity contribution in [3.8, 4) is 0 Å². The summed E-state index contributed by atoms with van der Waals surface area (Å²) in [6.07, 6.45) is 0. The van der Waals surface area contributed by atoms with E-state index >= 15 is 0 Å². The molecule has 1 saturated heterocycles. The number of rotatable bonds is 2. The third kappa shape index (κ3) is 2.63. The Kier molecular flexibility index (Phi) is 3.71. The summed E-state index contributed by atoms with van der Waals surface area (Å²) in [5.74, 6) is 0. The van der Waals surface area contributed by atoms with E-state index < -0.39 is 0 Å². The molecule has 0 amide bonds. The van der Waals surface area contributed by atoms with Crippen molar-refractivity contribution in [2.75, 3.05) is 26.3 Å². The van der Waals surface area contributed by atoms with Crippen molar-refractivity contribution in [1.29, 1.82) is 0 Å². The molecular weight excluding hydrogens is 252 g/mol. The second-order valence-electron chi connectivity index (χ2n) is 3.37. The van der Waals surface area contributed by atoms with E-state index in [0.29, 0.717) is 0 Å². The van der Waals surface area contributed by atoms with E-state index in [0.717, 1.165) is 26.3 Å². The Bertz CT molecular complexity index is 145. The molecule has 11 heavy (non-hydrogen) atoms. The molecule has 1 fully saturated rings. The molecule has 1 heterocycles. The second-order valence-corrected chi connectivity index (χ2v) is 4.04. The van der Waals surface area contributed by atoms with Gasteiger partial charge in [0.25, 0.3) is 0 Å². The van der Waals surface area contributed by atoms with Crippen LogP contribution in [0.25, 0.3) is 0 Å². The van der Waals surface area contributed by atoms with Crippen molar-refractivity contribution >= 4 is 26.3 Å². The molecule has 0 aromatic heterocycles. The summed E-state index contributed by atoms with van der Waals surface area (Å²) < 4.78 is 7.54. The average Bonchev–Trinajstić information content (AvgIpc) is 2.06. The van der Waals surface area contributed by atoms with Crippen molar-refractivity contribution in [3.63, 3.8) is 0 Å². The van der Waals surface area contributed by atoms with Crippen LogP contribution in [0.2, 0.25) is 0 Å². The topological polar surface area (TPSA) is 12.5 Å². The first-order chi connectivity index (χ1) is 5.17. The third-order valence-electron chi connectivity index (χ3n) is 2.11. The summed E-state index contributed by atoms with van der Waals surface area (Å²) in [5, 5.41) is 0. The summed E-state index contributed by atoms with van der Waals surface area (Å²) in [5.41, 5.74) is 0.244. The van der Waals surface area contributed by atoms with Gasteiger partial charge in [0.1, 0.15) is 0 Å². The van der Waals surface area contributed by atoms with Gasteiger partial charge in [-0.05, 0) is 0 Å². The van der Waals surface area contributed by atoms with Crippen LogP contribution in [0.4, 0.5) is 0 Å². The molecule has 0 aromatic carbocycles. The predicted molar refractivity (Wildman–Crippen MR) is 48.0 cm³/mol.